The van der Waals surface area contributed by atoms with Crippen molar-refractivity contribution in [2.24, 2.45) is 0 Å². The van der Waals surface area contributed by atoms with E-state index in [0.717, 1.165) is 6.42 Å². The van der Waals surface area contributed by atoms with Gasteiger partial charge in [-0.1, -0.05) is 84.0 Å². The molecule has 0 aliphatic carbocycles. The molecule has 0 aromatic heterocycles. The second-order valence-corrected chi connectivity index (χ2v) is 5.75. The Kier molecular flexibility index (Phi) is 23.8. The molecule has 0 aliphatic rings. The molecule has 0 aromatic carbocycles. The smallest absolute Gasteiger partial charge is 0.115 e. The minimum Gasteiger partial charge on any atom is -1.00 e. The van der Waals surface area contributed by atoms with E-state index in [-0.39, 0.29) is 22.4 Å². The summed E-state index contributed by atoms with van der Waals surface area (Å²) >= 11 is 0. The Morgan fingerprint density at radius 2 is 0.955 bits per heavy atom. The Balaban J connectivity index is 0. The number of hydrogen-bond acceptors (Lipinski definition) is 3. The zero-order valence-corrected chi connectivity index (χ0v) is 16.6. The fourth-order valence-corrected chi connectivity index (χ4v) is 2.48. The molecule has 0 rings (SSSR count). The van der Waals surface area contributed by atoms with Crippen LogP contribution in [0.4, 0.5) is 0 Å². The maximum atomic E-state index is 5.31. The van der Waals surface area contributed by atoms with Crippen molar-refractivity contribution in [3.63, 3.8) is 0 Å². The Morgan fingerprint density at radius 1 is 0.591 bits per heavy atom. The van der Waals surface area contributed by atoms with Crippen molar-refractivity contribution < 1.29 is 36.9 Å². The molecule has 1 N–H and O–H groups in total. The molecule has 0 spiro atoms. The van der Waals surface area contributed by atoms with E-state index in [0.29, 0.717) is 6.61 Å². The van der Waals surface area contributed by atoms with Crippen LogP contribution in [0, 0.1) is 0 Å². The SMILES string of the molecule is CCCCCCCCCCCCCCCO[NH+](OC)OC.[Br-]. The summed E-state index contributed by atoms with van der Waals surface area (Å²) in [5.74, 6) is 0. The molecule has 22 heavy (non-hydrogen) atoms. The van der Waals surface area contributed by atoms with Crippen molar-refractivity contribution in [1.82, 2.24) is 0 Å². The van der Waals surface area contributed by atoms with Gasteiger partial charge in [0.15, 0.2) is 0 Å². The van der Waals surface area contributed by atoms with Crippen LogP contribution in [-0.2, 0) is 14.5 Å². The standard InChI is InChI=1S/C17H38NO3.BrH/c1-4-5-6-7-8-9-10-11-12-13-14-15-16-17-21-18(19-2)20-3;/h18H,4-17H2,1-3H3;1H/q+1;/p-1. The van der Waals surface area contributed by atoms with E-state index < -0.39 is 0 Å². The highest BCUT2D eigenvalue weighted by atomic mass is 79.9. The normalized spacial score (nSPS) is 10.9. The molecule has 0 atom stereocenters. The summed E-state index contributed by atoms with van der Waals surface area (Å²) in [6, 6.07) is 0. The van der Waals surface area contributed by atoms with E-state index in [2.05, 4.69) is 6.92 Å². The quantitative estimate of drug-likeness (QED) is 0.300. The second kappa shape index (κ2) is 21.3. The summed E-state index contributed by atoms with van der Waals surface area (Å²) in [5.41, 5.74) is 0. The first kappa shape index (κ1) is 24.6. The molecule has 136 valence electrons. The third-order valence-electron chi connectivity index (χ3n) is 3.80. The van der Waals surface area contributed by atoms with Crippen LogP contribution >= 0.6 is 0 Å². The number of halogens is 1. The molecule has 0 saturated heterocycles. The van der Waals surface area contributed by atoms with Crippen molar-refractivity contribution >= 4 is 0 Å². The molecule has 0 bridgehead atoms. The topological polar surface area (TPSA) is 32.1 Å². The van der Waals surface area contributed by atoms with Gasteiger partial charge in [-0.05, 0) is 6.42 Å². The summed E-state index contributed by atoms with van der Waals surface area (Å²) in [5, 5.41) is 0.272. The van der Waals surface area contributed by atoms with Crippen molar-refractivity contribution in [1.29, 1.82) is 0 Å². The van der Waals surface area contributed by atoms with E-state index >= 15 is 0 Å². The molecule has 0 heterocycles. The predicted molar refractivity (Wildman–Crippen MR) is 86.6 cm³/mol. The van der Waals surface area contributed by atoms with Gasteiger partial charge >= 0.3 is 0 Å². The maximum Gasteiger partial charge on any atom is 0.115 e. The highest BCUT2D eigenvalue weighted by molar-refractivity contribution is 4.48. The fraction of sp³-hybridized carbons (Fsp3) is 1.00. The molecule has 0 unspecified atom stereocenters. The molecule has 5 heteroatoms. The van der Waals surface area contributed by atoms with Gasteiger partial charge in [0.25, 0.3) is 0 Å². The highest BCUT2D eigenvalue weighted by Crippen LogP contribution is 2.12. The average molecular weight is 384 g/mol. The molecular formula is C17H38BrNO3. The van der Waals surface area contributed by atoms with Crippen LogP contribution in [0.15, 0.2) is 0 Å². The number of unbranched alkanes of at least 4 members (excludes halogenated alkanes) is 12. The van der Waals surface area contributed by atoms with Crippen molar-refractivity contribution in [3.05, 3.63) is 0 Å². The summed E-state index contributed by atoms with van der Waals surface area (Å²) in [6.45, 7) is 2.97. The van der Waals surface area contributed by atoms with Gasteiger partial charge in [-0.3, -0.25) is 0 Å². The van der Waals surface area contributed by atoms with Gasteiger partial charge in [0, 0.05) is 0 Å². The highest BCUT2D eigenvalue weighted by Gasteiger charge is 2.05. The third kappa shape index (κ3) is 18.4. The van der Waals surface area contributed by atoms with Gasteiger partial charge < -0.3 is 17.0 Å². The van der Waals surface area contributed by atoms with E-state index in [1.165, 1.54) is 77.0 Å². The Morgan fingerprint density at radius 3 is 1.32 bits per heavy atom. The van der Waals surface area contributed by atoms with Gasteiger partial charge in [-0.2, -0.15) is 0 Å². The molecule has 0 aliphatic heterocycles. The Hall–Kier alpha value is 0.320. The van der Waals surface area contributed by atoms with Crippen LogP contribution in [0.5, 0.6) is 0 Å². The number of nitrogens with one attached hydrogen (secondary N) is 1. The van der Waals surface area contributed by atoms with E-state index in [1.54, 1.807) is 14.2 Å². The van der Waals surface area contributed by atoms with Gasteiger partial charge in [-0.25, -0.2) is 0 Å². The number of rotatable bonds is 17. The average Bonchev–Trinajstić information content (AvgIpc) is 2.51. The zero-order chi connectivity index (χ0) is 15.6. The lowest BCUT2D eigenvalue weighted by atomic mass is 10.0. The maximum absolute atomic E-state index is 5.31. The molecule has 0 fully saturated rings. The molecule has 4 nitrogen and oxygen atoms in total. The molecule has 0 saturated carbocycles. The monoisotopic (exact) mass is 383 g/mol. The van der Waals surface area contributed by atoms with Crippen LogP contribution in [0.3, 0.4) is 0 Å². The minimum atomic E-state index is 0. The summed E-state index contributed by atoms with van der Waals surface area (Å²) < 4.78 is 0. The zero-order valence-electron chi connectivity index (χ0n) is 15.0. The summed E-state index contributed by atoms with van der Waals surface area (Å²) in [6.07, 6.45) is 17.7. The fourth-order valence-electron chi connectivity index (χ4n) is 2.48. The van der Waals surface area contributed by atoms with E-state index in [9.17, 15) is 0 Å². The van der Waals surface area contributed by atoms with Crippen LogP contribution in [0.25, 0.3) is 0 Å². The van der Waals surface area contributed by atoms with Crippen molar-refractivity contribution in [3.8, 4) is 0 Å². The lowest BCUT2D eigenvalue weighted by Gasteiger charge is -2.08. The first-order valence-electron chi connectivity index (χ1n) is 8.92. The first-order chi connectivity index (χ1) is 10.3. The Labute approximate surface area is 148 Å². The van der Waals surface area contributed by atoms with Crippen molar-refractivity contribution in [2.75, 3.05) is 20.8 Å². The van der Waals surface area contributed by atoms with Crippen LogP contribution in [0.1, 0.15) is 90.4 Å². The molecule has 0 radical (unpaired) electrons. The van der Waals surface area contributed by atoms with Crippen molar-refractivity contribution in [2.45, 2.75) is 90.4 Å². The summed E-state index contributed by atoms with van der Waals surface area (Å²) in [4.78, 5) is 15.1. The van der Waals surface area contributed by atoms with Gasteiger partial charge in [0.05, 0.1) is 5.39 Å². The van der Waals surface area contributed by atoms with Gasteiger partial charge in [0.1, 0.15) is 20.8 Å². The van der Waals surface area contributed by atoms with Gasteiger partial charge in [-0.15, -0.1) is 14.5 Å². The Bertz CT molecular complexity index is 193. The molecular weight excluding hydrogens is 346 g/mol. The first-order valence-corrected chi connectivity index (χ1v) is 8.92. The lowest BCUT2D eigenvalue weighted by molar-refractivity contribution is -1.36. The van der Waals surface area contributed by atoms with Gasteiger partial charge in [0.2, 0.25) is 0 Å². The third-order valence-corrected chi connectivity index (χ3v) is 3.80. The van der Waals surface area contributed by atoms with Crippen LogP contribution < -0.4 is 22.4 Å². The van der Waals surface area contributed by atoms with E-state index in [4.69, 9.17) is 14.5 Å². The van der Waals surface area contributed by atoms with E-state index in [1.807, 2.05) is 0 Å². The lowest BCUT2D eigenvalue weighted by Crippen LogP contribution is -3.08. The van der Waals surface area contributed by atoms with Crippen LogP contribution in [0.2, 0.25) is 0 Å². The van der Waals surface area contributed by atoms with Crippen LogP contribution in [-0.4, -0.2) is 20.8 Å². The predicted octanol–water partition coefficient (Wildman–Crippen LogP) is 1.02. The number of hydrogen-bond donors (Lipinski definition) is 1. The minimum absolute atomic E-state index is 0. The second-order valence-electron chi connectivity index (χ2n) is 5.75. The molecule has 0 amide bonds. The largest absolute Gasteiger partial charge is 1.00 e. The summed E-state index contributed by atoms with van der Waals surface area (Å²) in [7, 11) is 3.12. The number of quaternary nitrogens is 1. The molecule has 0 aromatic rings.